The van der Waals surface area contributed by atoms with Gasteiger partial charge in [0.2, 0.25) is 0 Å². The van der Waals surface area contributed by atoms with E-state index < -0.39 is 18.2 Å². The Labute approximate surface area is 82.2 Å². The maximum atomic E-state index is 12.8. The van der Waals surface area contributed by atoms with Crippen LogP contribution in [0.4, 0.5) is 13.2 Å². The predicted octanol–water partition coefficient (Wildman–Crippen LogP) is 2.89. The Morgan fingerprint density at radius 1 is 1.43 bits per heavy atom. The van der Waals surface area contributed by atoms with Crippen molar-refractivity contribution in [3.63, 3.8) is 0 Å². The number of aldehydes is 1. The lowest BCUT2D eigenvalue weighted by Crippen LogP contribution is -2.04. The second-order valence-electron chi connectivity index (χ2n) is 2.30. The zero-order valence-electron chi connectivity index (χ0n) is 6.64. The third kappa shape index (κ3) is 2.38. The molecule has 0 aliphatic rings. The molecule has 0 atom stereocenters. The lowest BCUT2D eigenvalue weighted by molar-refractivity contribution is -0.0502. The third-order valence-corrected chi connectivity index (χ3v) is 1.69. The summed E-state index contributed by atoms with van der Waals surface area (Å²) in [4.78, 5) is 10.4. The fourth-order valence-electron chi connectivity index (χ4n) is 0.834. The molecule has 0 saturated heterocycles. The monoisotopic (exact) mass is 224 g/mol. The maximum Gasteiger partial charge on any atom is 0.387 e. The van der Waals surface area contributed by atoms with Crippen LogP contribution >= 0.6 is 11.6 Å². The van der Waals surface area contributed by atoms with Crippen LogP contribution in [-0.4, -0.2) is 12.9 Å². The molecule has 0 N–H and O–H groups in total. The Kier molecular flexibility index (Phi) is 3.35. The van der Waals surface area contributed by atoms with E-state index >= 15 is 0 Å². The van der Waals surface area contributed by atoms with Crippen molar-refractivity contribution < 1.29 is 22.7 Å². The summed E-state index contributed by atoms with van der Waals surface area (Å²) in [6.07, 6.45) is 0.253. The van der Waals surface area contributed by atoms with E-state index in [-0.39, 0.29) is 16.9 Å². The van der Waals surface area contributed by atoms with Crippen molar-refractivity contribution in [1.82, 2.24) is 0 Å². The van der Waals surface area contributed by atoms with Gasteiger partial charge in [0, 0.05) is 6.07 Å². The minimum atomic E-state index is -3.12. The molecular formula is C8H4ClF3O2. The first-order valence-corrected chi connectivity index (χ1v) is 3.81. The third-order valence-electron chi connectivity index (χ3n) is 1.40. The van der Waals surface area contributed by atoms with Gasteiger partial charge in [0.25, 0.3) is 0 Å². The molecule has 0 aliphatic carbocycles. The molecule has 0 fully saturated rings. The average molecular weight is 225 g/mol. The van der Waals surface area contributed by atoms with Crippen molar-refractivity contribution in [2.24, 2.45) is 0 Å². The summed E-state index contributed by atoms with van der Waals surface area (Å²) in [6, 6.07) is 1.56. The molecule has 0 radical (unpaired) electrons. The molecule has 0 bridgehead atoms. The van der Waals surface area contributed by atoms with E-state index in [2.05, 4.69) is 4.74 Å². The molecule has 0 unspecified atom stereocenters. The van der Waals surface area contributed by atoms with Gasteiger partial charge in [-0.25, -0.2) is 4.39 Å². The van der Waals surface area contributed by atoms with Crippen molar-refractivity contribution in [3.05, 3.63) is 28.5 Å². The predicted molar refractivity (Wildman–Crippen MR) is 43.4 cm³/mol. The second kappa shape index (κ2) is 4.32. The number of halogens is 4. The summed E-state index contributed by atoms with van der Waals surface area (Å²) in [5.74, 6) is -1.45. The summed E-state index contributed by atoms with van der Waals surface area (Å²) in [5, 5.41) is -0.325. The largest absolute Gasteiger partial charge is 0.434 e. The highest BCUT2D eigenvalue weighted by molar-refractivity contribution is 6.31. The standard InChI is InChI=1S/C8H4ClF3O2/c9-5-1-4(3-13)7(2-6(5)10)14-8(11)12/h1-3,8H. The van der Waals surface area contributed by atoms with E-state index in [0.29, 0.717) is 6.07 Å². The second-order valence-corrected chi connectivity index (χ2v) is 2.71. The van der Waals surface area contributed by atoms with Gasteiger partial charge >= 0.3 is 6.61 Å². The van der Waals surface area contributed by atoms with Crippen LogP contribution in [0.3, 0.4) is 0 Å². The van der Waals surface area contributed by atoms with E-state index in [1.807, 2.05) is 0 Å². The van der Waals surface area contributed by atoms with Gasteiger partial charge in [0.1, 0.15) is 11.6 Å². The molecule has 0 aromatic heterocycles. The van der Waals surface area contributed by atoms with Crippen molar-refractivity contribution in [1.29, 1.82) is 0 Å². The Morgan fingerprint density at radius 2 is 2.07 bits per heavy atom. The quantitative estimate of drug-likeness (QED) is 0.738. The molecule has 6 heteroatoms. The van der Waals surface area contributed by atoms with Crippen LogP contribution in [0.5, 0.6) is 5.75 Å². The number of benzene rings is 1. The number of rotatable bonds is 3. The molecule has 0 saturated carbocycles. The Balaban J connectivity index is 3.13. The Hall–Kier alpha value is -1.23. The van der Waals surface area contributed by atoms with E-state index in [0.717, 1.165) is 6.07 Å². The number of ether oxygens (including phenoxy) is 1. The minimum Gasteiger partial charge on any atom is -0.434 e. The first kappa shape index (κ1) is 10.8. The number of carbonyl (C=O) groups excluding carboxylic acids is 1. The molecule has 0 spiro atoms. The normalized spacial score (nSPS) is 10.4. The van der Waals surface area contributed by atoms with Crippen LogP contribution in [0.25, 0.3) is 0 Å². The molecule has 14 heavy (non-hydrogen) atoms. The van der Waals surface area contributed by atoms with Crippen LogP contribution in [0, 0.1) is 5.82 Å². The molecule has 0 amide bonds. The SMILES string of the molecule is O=Cc1cc(Cl)c(F)cc1OC(F)F. The lowest BCUT2D eigenvalue weighted by Gasteiger charge is -2.07. The van der Waals surface area contributed by atoms with Gasteiger partial charge in [0.15, 0.2) is 6.29 Å². The fraction of sp³-hybridized carbons (Fsp3) is 0.125. The van der Waals surface area contributed by atoms with Gasteiger partial charge in [0.05, 0.1) is 10.6 Å². The van der Waals surface area contributed by atoms with Crippen molar-refractivity contribution in [2.75, 3.05) is 0 Å². The lowest BCUT2D eigenvalue weighted by atomic mass is 10.2. The maximum absolute atomic E-state index is 12.8. The first-order chi connectivity index (χ1) is 6.54. The van der Waals surface area contributed by atoms with Gasteiger partial charge < -0.3 is 4.74 Å². The van der Waals surface area contributed by atoms with Crippen molar-refractivity contribution in [3.8, 4) is 5.75 Å². The van der Waals surface area contributed by atoms with E-state index in [9.17, 15) is 18.0 Å². The van der Waals surface area contributed by atoms with E-state index in [4.69, 9.17) is 11.6 Å². The molecule has 2 nitrogen and oxygen atoms in total. The molecule has 76 valence electrons. The van der Waals surface area contributed by atoms with Gasteiger partial charge in [-0.15, -0.1) is 0 Å². The van der Waals surface area contributed by atoms with Crippen LogP contribution in [0.15, 0.2) is 12.1 Å². The molecule has 0 aliphatic heterocycles. The van der Waals surface area contributed by atoms with E-state index in [1.54, 1.807) is 0 Å². The van der Waals surface area contributed by atoms with Gasteiger partial charge in [-0.1, -0.05) is 11.6 Å². The first-order valence-electron chi connectivity index (χ1n) is 3.43. The summed E-state index contributed by atoms with van der Waals surface area (Å²) in [5.41, 5.74) is -0.225. The number of hydrogen-bond donors (Lipinski definition) is 0. The number of hydrogen-bond acceptors (Lipinski definition) is 2. The summed E-state index contributed by atoms with van der Waals surface area (Å²) in [7, 11) is 0. The highest BCUT2D eigenvalue weighted by Crippen LogP contribution is 2.26. The van der Waals surface area contributed by atoms with Crippen LogP contribution in [0.1, 0.15) is 10.4 Å². The topological polar surface area (TPSA) is 26.3 Å². The number of alkyl halides is 2. The molecule has 1 aromatic rings. The van der Waals surface area contributed by atoms with Crippen LogP contribution in [-0.2, 0) is 0 Å². The Bertz CT molecular complexity index is 355. The highest BCUT2D eigenvalue weighted by atomic mass is 35.5. The van der Waals surface area contributed by atoms with Crippen LogP contribution < -0.4 is 4.74 Å². The van der Waals surface area contributed by atoms with Crippen molar-refractivity contribution >= 4 is 17.9 Å². The number of carbonyl (C=O) groups is 1. The van der Waals surface area contributed by atoms with Crippen LogP contribution in [0.2, 0.25) is 5.02 Å². The van der Waals surface area contributed by atoms with Crippen molar-refractivity contribution in [2.45, 2.75) is 6.61 Å². The minimum absolute atomic E-state index is 0.225. The fourth-order valence-corrected chi connectivity index (χ4v) is 1.01. The Morgan fingerprint density at radius 3 is 2.57 bits per heavy atom. The highest BCUT2D eigenvalue weighted by Gasteiger charge is 2.12. The molecular weight excluding hydrogens is 221 g/mol. The van der Waals surface area contributed by atoms with E-state index in [1.165, 1.54) is 0 Å². The van der Waals surface area contributed by atoms with Gasteiger partial charge in [-0.2, -0.15) is 8.78 Å². The zero-order valence-corrected chi connectivity index (χ0v) is 7.39. The summed E-state index contributed by atoms with van der Waals surface area (Å²) < 4.78 is 40.2. The molecule has 1 rings (SSSR count). The average Bonchev–Trinajstić information content (AvgIpc) is 2.10. The van der Waals surface area contributed by atoms with Gasteiger partial charge in [-0.3, -0.25) is 4.79 Å². The summed E-state index contributed by atoms with van der Waals surface area (Å²) >= 11 is 5.32. The molecule has 1 aromatic carbocycles. The smallest absolute Gasteiger partial charge is 0.387 e. The van der Waals surface area contributed by atoms with Gasteiger partial charge in [-0.05, 0) is 6.07 Å². The molecule has 0 heterocycles. The zero-order chi connectivity index (χ0) is 10.7. The summed E-state index contributed by atoms with van der Waals surface area (Å²) in [6.45, 7) is -3.12.